The maximum atomic E-state index is 12.4. The van der Waals surface area contributed by atoms with E-state index in [1.165, 1.54) is 22.7 Å². The summed E-state index contributed by atoms with van der Waals surface area (Å²) in [5.41, 5.74) is 0.604. The third-order valence-electron chi connectivity index (χ3n) is 3.74. The molecule has 1 fully saturated rings. The fourth-order valence-electron chi connectivity index (χ4n) is 2.40. The van der Waals surface area contributed by atoms with Gasteiger partial charge in [0.25, 0.3) is 10.2 Å². The third kappa shape index (κ3) is 4.16. The van der Waals surface area contributed by atoms with Crippen LogP contribution in [0.2, 0.25) is 0 Å². The lowest BCUT2D eigenvalue weighted by molar-refractivity contribution is 0.182. The Balaban J connectivity index is 1.97. The predicted molar refractivity (Wildman–Crippen MR) is 92.4 cm³/mol. The lowest BCUT2D eigenvalue weighted by Crippen LogP contribution is -2.53. The van der Waals surface area contributed by atoms with E-state index in [2.05, 4.69) is 5.32 Å². The molecule has 1 aliphatic heterocycles. The van der Waals surface area contributed by atoms with E-state index in [9.17, 15) is 13.2 Å². The van der Waals surface area contributed by atoms with Gasteiger partial charge in [-0.05, 0) is 19.1 Å². The van der Waals surface area contributed by atoms with Gasteiger partial charge in [0.2, 0.25) is 0 Å². The summed E-state index contributed by atoms with van der Waals surface area (Å²) in [7, 11) is -0.436. The molecule has 24 heavy (non-hydrogen) atoms. The number of urea groups is 1. The Labute approximate surface area is 143 Å². The number of para-hydroxylation sites is 2. The second-order valence-electron chi connectivity index (χ2n) is 5.54. The number of hydrogen-bond donors (Lipinski definition) is 1. The number of benzene rings is 1. The SMILES string of the molecule is CCOc1ccccc1NC(=O)N1CCN(S(=O)(=O)N(C)C)CC1. The molecular formula is C15H24N4O4S. The molecular weight excluding hydrogens is 332 g/mol. The molecule has 1 aliphatic rings. The van der Waals surface area contributed by atoms with Crippen molar-refractivity contribution in [2.45, 2.75) is 6.92 Å². The van der Waals surface area contributed by atoms with Gasteiger partial charge in [-0.3, -0.25) is 0 Å². The van der Waals surface area contributed by atoms with Crippen molar-refractivity contribution in [1.29, 1.82) is 0 Å². The van der Waals surface area contributed by atoms with E-state index >= 15 is 0 Å². The van der Waals surface area contributed by atoms with Gasteiger partial charge in [0.05, 0.1) is 12.3 Å². The normalized spacial score (nSPS) is 16.2. The van der Waals surface area contributed by atoms with Crippen LogP contribution in [-0.2, 0) is 10.2 Å². The fraction of sp³-hybridized carbons (Fsp3) is 0.533. The molecule has 0 saturated carbocycles. The molecule has 2 amide bonds. The molecule has 9 heteroatoms. The van der Waals surface area contributed by atoms with E-state index in [1.54, 1.807) is 17.0 Å². The van der Waals surface area contributed by atoms with E-state index < -0.39 is 10.2 Å². The van der Waals surface area contributed by atoms with Crippen molar-refractivity contribution in [2.24, 2.45) is 0 Å². The summed E-state index contributed by atoms with van der Waals surface area (Å²) < 4.78 is 32.2. The number of piperazine rings is 1. The van der Waals surface area contributed by atoms with Crippen LogP contribution in [0.3, 0.4) is 0 Å². The number of anilines is 1. The van der Waals surface area contributed by atoms with E-state index in [4.69, 9.17) is 4.74 Å². The topological polar surface area (TPSA) is 82.2 Å². The van der Waals surface area contributed by atoms with E-state index in [0.717, 1.165) is 0 Å². The van der Waals surface area contributed by atoms with Crippen LogP contribution in [0.5, 0.6) is 5.75 Å². The number of nitrogens with zero attached hydrogens (tertiary/aromatic N) is 3. The molecule has 2 rings (SSSR count). The second kappa shape index (κ2) is 7.82. The lowest BCUT2D eigenvalue weighted by Gasteiger charge is -2.35. The molecule has 1 N–H and O–H groups in total. The maximum absolute atomic E-state index is 12.4. The average molecular weight is 356 g/mol. The van der Waals surface area contributed by atoms with E-state index in [0.29, 0.717) is 31.1 Å². The van der Waals surface area contributed by atoms with Crippen LogP contribution in [-0.4, -0.2) is 74.8 Å². The molecule has 0 unspecified atom stereocenters. The smallest absolute Gasteiger partial charge is 0.322 e. The van der Waals surface area contributed by atoms with Crippen LogP contribution in [0, 0.1) is 0 Å². The highest BCUT2D eigenvalue weighted by Gasteiger charge is 2.30. The van der Waals surface area contributed by atoms with Crippen molar-refractivity contribution in [3.63, 3.8) is 0 Å². The molecule has 1 aromatic rings. The first-order valence-electron chi connectivity index (χ1n) is 7.81. The summed E-state index contributed by atoms with van der Waals surface area (Å²) in [5.74, 6) is 0.613. The Morgan fingerprint density at radius 2 is 1.83 bits per heavy atom. The van der Waals surface area contributed by atoms with E-state index in [-0.39, 0.29) is 19.1 Å². The highest BCUT2D eigenvalue weighted by Crippen LogP contribution is 2.24. The second-order valence-corrected chi connectivity index (χ2v) is 7.68. The number of carbonyl (C=O) groups excluding carboxylic acids is 1. The van der Waals surface area contributed by atoms with Gasteiger partial charge in [-0.25, -0.2) is 4.79 Å². The maximum Gasteiger partial charge on any atom is 0.322 e. The molecule has 1 heterocycles. The van der Waals surface area contributed by atoms with Gasteiger partial charge in [-0.1, -0.05) is 12.1 Å². The van der Waals surface area contributed by atoms with Crippen molar-refractivity contribution in [3.8, 4) is 5.75 Å². The Kier molecular flexibility index (Phi) is 6.03. The van der Waals surface area contributed by atoms with Gasteiger partial charge in [0.15, 0.2) is 0 Å². The Hall–Kier alpha value is -1.84. The van der Waals surface area contributed by atoms with Crippen LogP contribution in [0.25, 0.3) is 0 Å². The molecule has 0 radical (unpaired) electrons. The highest BCUT2D eigenvalue weighted by atomic mass is 32.2. The number of ether oxygens (including phenoxy) is 1. The molecule has 0 aliphatic carbocycles. The summed E-state index contributed by atoms with van der Waals surface area (Å²) in [6.07, 6.45) is 0. The highest BCUT2D eigenvalue weighted by molar-refractivity contribution is 7.86. The van der Waals surface area contributed by atoms with Crippen molar-refractivity contribution in [1.82, 2.24) is 13.5 Å². The molecule has 134 valence electrons. The minimum absolute atomic E-state index is 0.260. The number of carbonyl (C=O) groups is 1. The monoisotopic (exact) mass is 356 g/mol. The predicted octanol–water partition coefficient (Wildman–Crippen LogP) is 1.04. The summed E-state index contributed by atoms with van der Waals surface area (Å²) in [5, 5.41) is 2.82. The average Bonchev–Trinajstić information content (AvgIpc) is 2.57. The molecule has 8 nitrogen and oxygen atoms in total. The number of rotatable bonds is 5. The first-order chi connectivity index (χ1) is 11.4. The summed E-state index contributed by atoms with van der Waals surface area (Å²) in [6, 6.07) is 6.96. The molecule has 0 spiro atoms. The molecule has 0 aromatic heterocycles. The van der Waals surface area contributed by atoms with Gasteiger partial charge in [0.1, 0.15) is 5.75 Å². The van der Waals surface area contributed by atoms with Crippen LogP contribution < -0.4 is 10.1 Å². The van der Waals surface area contributed by atoms with Crippen LogP contribution in [0.1, 0.15) is 6.92 Å². The zero-order valence-electron chi connectivity index (χ0n) is 14.2. The van der Waals surface area contributed by atoms with Gasteiger partial charge < -0.3 is 15.0 Å². The molecule has 1 aromatic carbocycles. The zero-order chi connectivity index (χ0) is 17.7. The first-order valence-corrected chi connectivity index (χ1v) is 9.21. The molecule has 0 atom stereocenters. The Morgan fingerprint density at radius 1 is 1.21 bits per heavy atom. The summed E-state index contributed by atoms with van der Waals surface area (Å²) in [4.78, 5) is 14.0. The standard InChI is InChI=1S/C15H24N4O4S/c1-4-23-14-8-6-5-7-13(14)16-15(20)18-9-11-19(12-10-18)24(21,22)17(2)3/h5-8H,4,9-12H2,1-3H3,(H,16,20). The number of nitrogens with one attached hydrogen (secondary N) is 1. The van der Waals surface area contributed by atoms with Crippen molar-refractivity contribution < 1.29 is 17.9 Å². The van der Waals surface area contributed by atoms with Gasteiger partial charge in [0, 0.05) is 40.3 Å². The zero-order valence-corrected chi connectivity index (χ0v) is 15.0. The summed E-state index contributed by atoms with van der Waals surface area (Å²) >= 11 is 0. The van der Waals surface area contributed by atoms with Gasteiger partial charge in [-0.15, -0.1) is 0 Å². The minimum atomic E-state index is -3.43. The van der Waals surface area contributed by atoms with Gasteiger partial charge in [-0.2, -0.15) is 17.0 Å². The minimum Gasteiger partial charge on any atom is -0.492 e. The lowest BCUT2D eigenvalue weighted by atomic mass is 10.3. The fourth-order valence-corrected chi connectivity index (χ4v) is 3.49. The quantitative estimate of drug-likeness (QED) is 0.855. The van der Waals surface area contributed by atoms with Crippen molar-refractivity contribution in [2.75, 3.05) is 52.2 Å². The van der Waals surface area contributed by atoms with Gasteiger partial charge >= 0.3 is 6.03 Å². The molecule has 1 saturated heterocycles. The number of amides is 2. The first kappa shape index (κ1) is 18.5. The van der Waals surface area contributed by atoms with E-state index in [1.807, 2.05) is 19.1 Å². The van der Waals surface area contributed by atoms with Crippen LogP contribution in [0.4, 0.5) is 10.5 Å². The van der Waals surface area contributed by atoms with Crippen LogP contribution in [0.15, 0.2) is 24.3 Å². The number of hydrogen-bond acceptors (Lipinski definition) is 4. The molecule has 0 bridgehead atoms. The van der Waals surface area contributed by atoms with Crippen LogP contribution >= 0.6 is 0 Å². The summed E-state index contributed by atoms with van der Waals surface area (Å²) in [6.45, 7) is 3.63. The Morgan fingerprint density at radius 3 is 2.42 bits per heavy atom. The van der Waals surface area contributed by atoms with Crippen molar-refractivity contribution >= 4 is 21.9 Å². The largest absolute Gasteiger partial charge is 0.492 e. The van der Waals surface area contributed by atoms with Crippen molar-refractivity contribution in [3.05, 3.63) is 24.3 Å². The Bertz CT molecular complexity index is 670. The third-order valence-corrected chi connectivity index (χ3v) is 5.68.